The van der Waals surface area contributed by atoms with Crippen LogP contribution in [0.1, 0.15) is 25.2 Å². The maximum absolute atomic E-state index is 12.6. The Balaban J connectivity index is 1.66. The van der Waals surface area contributed by atoms with Crippen LogP contribution in [0.4, 0.5) is 0 Å². The van der Waals surface area contributed by atoms with Gasteiger partial charge in [0, 0.05) is 5.56 Å². The highest BCUT2D eigenvalue weighted by Gasteiger charge is 2.26. The van der Waals surface area contributed by atoms with Crippen LogP contribution in [-0.2, 0) is 45.3 Å². The lowest BCUT2D eigenvalue weighted by Gasteiger charge is -2.15. The zero-order valence-electron chi connectivity index (χ0n) is 20.3. The third-order valence-corrected chi connectivity index (χ3v) is 6.31. The minimum absolute atomic E-state index is 0.0155. The molecule has 0 spiro atoms. The fourth-order valence-corrected chi connectivity index (χ4v) is 4.31. The quantitative estimate of drug-likeness (QED) is 0.204. The molecule has 0 saturated heterocycles. The molecular weight excluding hydrogens is 479 g/mol. The van der Waals surface area contributed by atoms with E-state index < -0.39 is 7.60 Å². The van der Waals surface area contributed by atoms with E-state index in [1.54, 1.807) is 13.8 Å². The Hall–Kier alpha value is -1.89. The van der Waals surface area contributed by atoms with Crippen LogP contribution in [0.3, 0.4) is 0 Å². The highest BCUT2D eigenvalue weighted by atomic mass is 31.2. The molecule has 0 atom stereocenters. The summed E-state index contributed by atoms with van der Waals surface area (Å²) >= 11 is 0. The van der Waals surface area contributed by atoms with E-state index in [1.807, 2.05) is 24.3 Å². The van der Waals surface area contributed by atoms with Gasteiger partial charge in [-0.2, -0.15) is 0 Å². The zero-order valence-corrected chi connectivity index (χ0v) is 21.2. The Morgan fingerprint density at radius 2 is 1.26 bits per heavy atom. The van der Waals surface area contributed by atoms with Gasteiger partial charge < -0.3 is 33.1 Å². The highest BCUT2D eigenvalue weighted by Crippen LogP contribution is 2.50. The van der Waals surface area contributed by atoms with Gasteiger partial charge in [0.15, 0.2) is 5.82 Å². The van der Waals surface area contributed by atoms with Crippen molar-refractivity contribution in [3.8, 4) is 11.4 Å². The summed E-state index contributed by atoms with van der Waals surface area (Å²) in [5.74, 6) is 0.560. The number of hydrogen-bond acceptors (Lipinski definition) is 12. The molecule has 196 valence electrons. The number of aliphatic hydroxyl groups is 1. The molecule has 1 aromatic heterocycles. The first-order chi connectivity index (χ1) is 17.1. The summed E-state index contributed by atoms with van der Waals surface area (Å²) in [6, 6.07) is 7.55. The van der Waals surface area contributed by atoms with Gasteiger partial charge in [0.1, 0.15) is 6.16 Å². The average Bonchev–Trinajstić information content (AvgIpc) is 2.86. The van der Waals surface area contributed by atoms with Crippen LogP contribution >= 0.6 is 7.60 Å². The lowest BCUT2D eigenvalue weighted by atomic mass is 10.1. The van der Waals surface area contributed by atoms with Crippen molar-refractivity contribution in [2.45, 2.75) is 26.6 Å². The average molecular weight is 515 g/mol. The number of ether oxygens (including phenoxy) is 4. The van der Waals surface area contributed by atoms with E-state index in [-0.39, 0.29) is 31.8 Å². The fourth-order valence-electron chi connectivity index (χ4n) is 2.79. The molecule has 1 aromatic carbocycles. The molecule has 1 heterocycles. The summed E-state index contributed by atoms with van der Waals surface area (Å²) in [6.07, 6.45) is -0.0810. The molecule has 35 heavy (non-hydrogen) atoms. The molecule has 0 aliphatic carbocycles. The molecule has 0 fully saturated rings. The van der Waals surface area contributed by atoms with Crippen molar-refractivity contribution in [3.05, 3.63) is 35.7 Å². The van der Waals surface area contributed by atoms with Gasteiger partial charge in [-0.1, -0.05) is 24.3 Å². The molecule has 0 aliphatic heterocycles. The first-order valence-corrected chi connectivity index (χ1v) is 13.3. The van der Waals surface area contributed by atoms with Gasteiger partial charge in [0.25, 0.3) is 0 Å². The van der Waals surface area contributed by atoms with E-state index in [0.29, 0.717) is 58.7 Å². The number of nitrogens with zero attached hydrogens (tertiary/aromatic N) is 4. The molecule has 2 rings (SSSR count). The van der Waals surface area contributed by atoms with Crippen molar-refractivity contribution in [3.63, 3.8) is 0 Å². The smallest absolute Gasteiger partial charge is 0.338 e. The van der Waals surface area contributed by atoms with E-state index in [4.69, 9.17) is 33.1 Å². The minimum atomic E-state index is -3.31. The number of aromatic nitrogens is 4. The second-order valence-corrected chi connectivity index (χ2v) is 9.11. The van der Waals surface area contributed by atoms with Crippen LogP contribution < -0.4 is 0 Å². The zero-order chi connectivity index (χ0) is 25.2. The number of hydrogen-bond donors (Lipinski definition) is 1. The molecule has 0 bridgehead atoms. The van der Waals surface area contributed by atoms with E-state index in [0.717, 1.165) is 11.1 Å². The summed E-state index contributed by atoms with van der Waals surface area (Å²) in [5.41, 5.74) is 1.75. The lowest BCUT2D eigenvalue weighted by molar-refractivity contribution is -0.00742. The Kier molecular flexibility index (Phi) is 14.7. The maximum atomic E-state index is 12.6. The first kappa shape index (κ1) is 29.3. The van der Waals surface area contributed by atoms with Crippen molar-refractivity contribution in [2.75, 3.05) is 66.1 Å². The molecule has 1 N–H and O–H groups in total. The van der Waals surface area contributed by atoms with Crippen molar-refractivity contribution < 1.29 is 37.7 Å². The Labute approximate surface area is 205 Å². The molecule has 0 amide bonds. The molecule has 0 radical (unpaired) electrons. The van der Waals surface area contributed by atoms with Crippen molar-refractivity contribution in [1.29, 1.82) is 0 Å². The van der Waals surface area contributed by atoms with E-state index in [2.05, 4.69) is 20.4 Å². The summed E-state index contributed by atoms with van der Waals surface area (Å²) in [5, 5.41) is 24.8. The van der Waals surface area contributed by atoms with Crippen LogP contribution in [0, 0.1) is 0 Å². The van der Waals surface area contributed by atoms with Gasteiger partial charge in [0.05, 0.1) is 72.7 Å². The lowest BCUT2D eigenvalue weighted by Crippen LogP contribution is -2.12. The summed E-state index contributed by atoms with van der Waals surface area (Å²) in [7, 11) is -3.31. The standard InChI is InChI=1S/C22H35N4O8P/c1-3-33-35(28,34-4-2)18-21-23-25-22(26-24-21)20-7-5-19(6-8-20)17-32-16-15-31-14-13-30-12-11-29-10-9-27/h5-8,27H,3-4,9-18H2,1-2H3. The van der Waals surface area contributed by atoms with Crippen LogP contribution in [0.25, 0.3) is 11.4 Å². The second-order valence-electron chi connectivity index (χ2n) is 7.05. The predicted octanol–water partition coefficient (Wildman–Crippen LogP) is 2.26. The largest absolute Gasteiger partial charge is 0.394 e. The molecular formula is C22H35N4O8P. The normalized spacial score (nSPS) is 11.7. The Morgan fingerprint density at radius 1 is 0.743 bits per heavy atom. The van der Waals surface area contributed by atoms with Crippen molar-refractivity contribution in [2.24, 2.45) is 0 Å². The van der Waals surface area contributed by atoms with E-state index in [1.165, 1.54) is 0 Å². The number of aliphatic hydroxyl groups excluding tert-OH is 1. The van der Waals surface area contributed by atoms with Crippen LogP contribution in [0.2, 0.25) is 0 Å². The second kappa shape index (κ2) is 17.5. The third-order valence-electron chi connectivity index (χ3n) is 4.34. The summed E-state index contributed by atoms with van der Waals surface area (Å²) < 4.78 is 44.6. The highest BCUT2D eigenvalue weighted by molar-refractivity contribution is 7.53. The topological polar surface area (TPSA) is 144 Å². The Bertz CT molecular complexity index is 848. The van der Waals surface area contributed by atoms with Crippen LogP contribution in [0.15, 0.2) is 24.3 Å². The molecule has 0 unspecified atom stereocenters. The first-order valence-electron chi connectivity index (χ1n) is 11.6. The van der Waals surface area contributed by atoms with E-state index in [9.17, 15) is 4.57 Å². The van der Waals surface area contributed by atoms with Gasteiger partial charge in [-0.15, -0.1) is 20.4 Å². The molecule has 13 heteroatoms. The summed E-state index contributed by atoms with van der Waals surface area (Å²) in [4.78, 5) is 0. The van der Waals surface area contributed by atoms with Gasteiger partial charge in [-0.05, 0) is 19.4 Å². The van der Waals surface area contributed by atoms with Gasteiger partial charge in [-0.3, -0.25) is 4.57 Å². The van der Waals surface area contributed by atoms with Crippen LogP contribution in [-0.4, -0.2) is 91.6 Å². The van der Waals surface area contributed by atoms with Crippen LogP contribution in [0.5, 0.6) is 0 Å². The molecule has 0 aliphatic rings. The number of benzene rings is 1. The predicted molar refractivity (Wildman–Crippen MR) is 127 cm³/mol. The molecule has 2 aromatic rings. The molecule has 12 nitrogen and oxygen atoms in total. The SMILES string of the molecule is CCOP(=O)(Cc1nnc(-c2ccc(COCCOCCOCCOCCO)cc2)nn1)OCC. The fraction of sp³-hybridized carbons (Fsp3) is 0.636. The molecule has 0 saturated carbocycles. The van der Waals surface area contributed by atoms with Gasteiger partial charge in [-0.25, -0.2) is 0 Å². The summed E-state index contributed by atoms with van der Waals surface area (Å²) in [6.45, 7) is 7.63. The van der Waals surface area contributed by atoms with Crippen molar-refractivity contribution in [1.82, 2.24) is 20.4 Å². The van der Waals surface area contributed by atoms with Gasteiger partial charge >= 0.3 is 7.60 Å². The monoisotopic (exact) mass is 514 g/mol. The number of rotatable bonds is 20. The van der Waals surface area contributed by atoms with E-state index >= 15 is 0 Å². The third kappa shape index (κ3) is 12.1. The Morgan fingerprint density at radius 3 is 1.77 bits per heavy atom. The van der Waals surface area contributed by atoms with Gasteiger partial charge in [0.2, 0.25) is 5.82 Å². The minimum Gasteiger partial charge on any atom is -0.394 e. The maximum Gasteiger partial charge on any atom is 0.338 e. The van der Waals surface area contributed by atoms with Crippen molar-refractivity contribution >= 4 is 7.60 Å².